The van der Waals surface area contributed by atoms with Crippen LogP contribution in [0.15, 0.2) is 42.5 Å². The summed E-state index contributed by atoms with van der Waals surface area (Å²) in [5.74, 6) is -0.939. The maximum Gasteiger partial charge on any atom is 0.338 e. The van der Waals surface area contributed by atoms with Crippen molar-refractivity contribution in [2.24, 2.45) is 0 Å². The summed E-state index contributed by atoms with van der Waals surface area (Å²) in [6, 6.07) is 14.7. The van der Waals surface area contributed by atoms with Crippen molar-refractivity contribution in [3.05, 3.63) is 64.7 Å². The summed E-state index contributed by atoms with van der Waals surface area (Å²) in [6.07, 6.45) is 0.314. The molecule has 6 nitrogen and oxygen atoms in total. The van der Waals surface area contributed by atoms with Crippen molar-refractivity contribution in [1.82, 2.24) is 0 Å². The van der Waals surface area contributed by atoms with Crippen LogP contribution in [0, 0.1) is 25.2 Å². The van der Waals surface area contributed by atoms with Crippen molar-refractivity contribution in [3.63, 3.8) is 0 Å². The first-order valence-corrected chi connectivity index (χ1v) is 9.93. The van der Waals surface area contributed by atoms with Crippen molar-refractivity contribution in [1.29, 1.82) is 5.26 Å². The summed E-state index contributed by atoms with van der Waals surface area (Å²) in [4.78, 5) is 26.6. The number of ether oxygens (including phenoxy) is 2. The summed E-state index contributed by atoms with van der Waals surface area (Å²) in [5.41, 5.74) is 4.04. The number of amides is 1. The Balaban J connectivity index is 2.01. The average Bonchev–Trinajstić information content (AvgIpc) is 2.70. The van der Waals surface area contributed by atoms with E-state index in [-0.39, 0.29) is 25.0 Å². The summed E-state index contributed by atoms with van der Waals surface area (Å²) >= 11 is 0. The van der Waals surface area contributed by atoms with Crippen LogP contribution in [0.1, 0.15) is 47.3 Å². The molecule has 0 saturated carbocycles. The van der Waals surface area contributed by atoms with Crippen LogP contribution >= 0.6 is 0 Å². The highest BCUT2D eigenvalue weighted by atomic mass is 16.5. The fraction of sp³-hybridized carbons (Fsp3) is 0.375. The van der Waals surface area contributed by atoms with Gasteiger partial charge in [-0.3, -0.25) is 4.79 Å². The van der Waals surface area contributed by atoms with Gasteiger partial charge in [0.1, 0.15) is 0 Å². The SMILES string of the molecule is Cc1cc(C)cc(N(CCC#N)C(=O)COC(=O)c2ccc(COC(C)C)cc2)c1. The van der Waals surface area contributed by atoms with Crippen LogP contribution in [-0.4, -0.2) is 31.1 Å². The number of carbonyl (C=O) groups excluding carboxylic acids is 2. The molecule has 0 radical (unpaired) electrons. The van der Waals surface area contributed by atoms with E-state index in [2.05, 4.69) is 6.07 Å². The second-order valence-corrected chi connectivity index (χ2v) is 7.43. The highest BCUT2D eigenvalue weighted by Crippen LogP contribution is 2.19. The van der Waals surface area contributed by atoms with Crippen molar-refractivity contribution in [3.8, 4) is 6.07 Å². The summed E-state index contributed by atoms with van der Waals surface area (Å²) in [6.45, 7) is 8.12. The predicted octanol–water partition coefficient (Wildman–Crippen LogP) is 4.33. The highest BCUT2D eigenvalue weighted by Gasteiger charge is 2.19. The van der Waals surface area contributed by atoms with E-state index in [9.17, 15) is 9.59 Å². The minimum absolute atomic E-state index is 0.127. The first-order valence-electron chi connectivity index (χ1n) is 9.93. The second kappa shape index (κ2) is 11.1. The van der Waals surface area contributed by atoms with E-state index in [1.807, 2.05) is 45.9 Å². The predicted molar refractivity (Wildman–Crippen MR) is 115 cm³/mol. The molecule has 0 aliphatic rings. The third-order valence-corrected chi connectivity index (χ3v) is 4.37. The van der Waals surface area contributed by atoms with Crippen LogP contribution in [0.2, 0.25) is 0 Å². The molecule has 0 unspecified atom stereocenters. The molecule has 2 aromatic rings. The van der Waals surface area contributed by atoms with Crippen LogP contribution in [0.25, 0.3) is 0 Å². The molecule has 0 fully saturated rings. The summed E-state index contributed by atoms with van der Waals surface area (Å²) in [7, 11) is 0. The lowest BCUT2D eigenvalue weighted by molar-refractivity contribution is -0.121. The molecule has 2 aromatic carbocycles. The van der Waals surface area contributed by atoms with Gasteiger partial charge >= 0.3 is 5.97 Å². The normalized spacial score (nSPS) is 10.5. The molecule has 6 heteroatoms. The molecule has 0 heterocycles. The zero-order chi connectivity index (χ0) is 22.1. The molecule has 0 aliphatic heterocycles. The number of nitrogens with zero attached hydrogens (tertiary/aromatic N) is 2. The van der Waals surface area contributed by atoms with E-state index >= 15 is 0 Å². The van der Waals surface area contributed by atoms with Crippen molar-refractivity contribution in [2.45, 2.75) is 46.8 Å². The minimum atomic E-state index is -0.569. The molecule has 0 atom stereocenters. The summed E-state index contributed by atoms with van der Waals surface area (Å²) < 4.78 is 10.8. The van der Waals surface area contributed by atoms with Crippen LogP contribution in [0.3, 0.4) is 0 Å². The Morgan fingerprint density at radius 2 is 1.70 bits per heavy atom. The number of nitriles is 1. The van der Waals surface area contributed by atoms with Crippen LogP contribution in [0.4, 0.5) is 5.69 Å². The Morgan fingerprint density at radius 1 is 1.07 bits per heavy atom. The molecule has 0 N–H and O–H groups in total. The average molecular weight is 408 g/mol. The smallest absolute Gasteiger partial charge is 0.338 e. The Morgan fingerprint density at radius 3 is 2.27 bits per heavy atom. The molecule has 0 spiro atoms. The number of benzene rings is 2. The van der Waals surface area contributed by atoms with Crippen LogP contribution in [-0.2, 0) is 20.9 Å². The molecular formula is C24H28N2O4. The van der Waals surface area contributed by atoms with E-state index in [0.717, 1.165) is 16.7 Å². The molecular weight excluding hydrogens is 380 g/mol. The van der Waals surface area contributed by atoms with E-state index < -0.39 is 12.6 Å². The van der Waals surface area contributed by atoms with Gasteiger partial charge in [0, 0.05) is 12.2 Å². The zero-order valence-corrected chi connectivity index (χ0v) is 18.0. The number of esters is 1. The lowest BCUT2D eigenvalue weighted by atomic mass is 10.1. The Bertz CT molecular complexity index is 894. The number of rotatable bonds is 9. The molecule has 0 bridgehead atoms. The third kappa shape index (κ3) is 7.02. The monoisotopic (exact) mass is 408 g/mol. The van der Waals surface area contributed by atoms with Crippen molar-refractivity contribution in [2.75, 3.05) is 18.1 Å². The molecule has 30 heavy (non-hydrogen) atoms. The van der Waals surface area contributed by atoms with E-state index in [0.29, 0.717) is 17.9 Å². The van der Waals surface area contributed by atoms with Crippen molar-refractivity contribution >= 4 is 17.6 Å². The first kappa shape index (κ1) is 23.1. The van der Waals surface area contributed by atoms with Gasteiger partial charge < -0.3 is 14.4 Å². The lowest BCUT2D eigenvalue weighted by Crippen LogP contribution is -2.35. The zero-order valence-electron chi connectivity index (χ0n) is 18.0. The first-order chi connectivity index (χ1) is 14.3. The van der Waals surface area contributed by atoms with Crippen LogP contribution in [0.5, 0.6) is 0 Å². The largest absolute Gasteiger partial charge is 0.452 e. The van der Waals surface area contributed by atoms with E-state index in [4.69, 9.17) is 14.7 Å². The van der Waals surface area contributed by atoms with Gasteiger partial charge in [0.25, 0.3) is 5.91 Å². The molecule has 2 rings (SSSR count). The van der Waals surface area contributed by atoms with Gasteiger partial charge in [-0.15, -0.1) is 0 Å². The number of anilines is 1. The quantitative estimate of drug-likeness (QED) is 0.577. The maximum absolute atomic E-state index is 12.7. The maximum atomic E-state index is 12.7. The number of carbonyl (C=O) groups is 2. The number of aryl methyl sites for hydroxylation is 2. The summed E-state index contributed by atoms with van der Waals surface area (Å²) in [5, 5.41) is 8.93. The van der Waals surface area contributed by atoms with Gasteiger partial charge in [0.05, 0.1) is 30.8 Å². The molecule has 0 aromatic heterocycles. The topological polar surface area (TPSA) is 79.6 Å². The fourth-order valence-electron chi connectivity index (χ4n) is 2.95. The van der Waals surface area contributed by atoms with Gasteiger partial charge in [0.15, 0.2) is 6.61 Å². The molecule has 0 saturated heterocycles. The number of hydrogen-bond donors (Lipinski definition) is 0. The standard InChI is InChI=1S/C24H28N2O4/c1-17(2)29-15-20-6-8-21(9-7-20)24(28)30-16-23(27)26(11-5-10-25)22-13-18(3)12-19(4)14-22/h6-9,12-14,17H,5,11,15-16H2,1-4H3. The van der Waals surface area contributed by atoms with Gasteiger partial charge in [-0.1, -0.05) is 18.2 Å². The highest BCUT2D eigenvalue weighted by molar-refractivity contribution is 5.97. The lowest BCUT2D eigenvalue weighted by Gasteiger charge is -2.22. The van der Waals surface area contributed by atoms with Gasteiger partial charge in [-0.25, -0.2) is 4.79 Å². The Hall–Kier alpha value is -3.17. The fourth-order valence-corrected chi connectivity index (χ4v) is 2.95. The third-order valence-electron chi connectivity index (χ3n) is 4.37. The van der Waals surface area contributed by atoms with Gasteiger partial charge in [-0.05, 0) is 68.7 Å². The minimum Gasteiger partial charge on any atom is -0.452 e. The van der Waals surface area contributed by atoms with Gasteiger partial charge in [-0.2, -0.15) is 5.26 Å². The Kier molecular flexibility index (Phi) is 8.57. The molecule has 158 valence electrons. The van der Waals surface area contributed by atoms with Crippen LogP contribution < -0.4 is 4.90 Å². The van der Waals surface area contributed by atoms with Crippen molar-refractivity contribution < 1.29 is 19.1 Å². The van der Waals surface area contributed by atoms with E-state index in [1.54, 1.807) is 24.3 Å². The Labute approximate surface area is 178 Å². The molecule has 1 amide bonds. The number of hydrogen-bond acceptors (Lipinski definition) is 5. The van der Waals surface area contributed by atoms with E-state index in [1.165, 1.54) is 4.90 Å². The second-order valence-electron chi connectivity index (χ2n) is 7.43. The van der Waals surface area contributed by atoms with Gasteiger partial charge in [0.2, 0.25) is 0 Å². The molecule has 0 aliphatic carbocycles.